The summed E-state index contributed by atoms with van der Waals surface area (Å²) in [5.74, 6) is -0.434. The molecule has 7 heteroatoms. The highest BCUT2D eigenvalue weighted by molar-refractivity contribution is 5.78. The molecule has 20 heavy (non-hydrogen) atoms. The van der Waals surface area contributed by atoms with Crippen molar-refractivity contribution < 1.29 is 14.5 Å². The van der Waals surface area contributed by atoms with Gasteiger partial charge >= 0.3 is 5.69 Å². The number of ether oxygens (including phenoxy) is 1. The number of rotatable bonds is 5. The number of carbonyl (C=O) groups excluding carboxylic acids is 1. The van der Waals surface area contributed by atoms with Gasteiger partial charge < -0.3 is 4.74 Å². The van der Waals surface area contributed by atoms with E-state index in [2.05, 4.69) is 10.5 Å². The van der Waals surface area contributed by atoms with Crippen LogP contribution in [0.2, 0.25) is 0 Å². The van der Waals surface area contributed by atoms with E-state index in [1.54, 1.807) is 12.3 Å². The van der Waals surface area contributed by atoms with Crippen LogP contribution in [0.3, 0.4) is 0 Å². The Morgan fingerprint density at radius 1 is 1.45 bits per heavy atom. The van der Waals surface area contributed by atoms with Gasteiger partial charge in [0, 0.05) is 12.3 Å². The fourth-order valence-electron chi connectivity index (χ4n) is 1.20. The minimum atomic E-state index is -0.564. The predicted octanol–water partition coefficient (Wildman–Crippen LogP) is 2.12. The van der Waals surface area contributed by atoms with Gasteiger partial charge in [-0.05, 0) is 11.5 Å². The molecule has 0 fully saturated rings. The molecule has 0 aliphatic carbocycles. The van der Waals surface area contributed by atoms with Crippen molar-refractivity contribution in [2.24, 2.45) is 10.5 Å². The summed E-state index contributed by atoms with van der Waals surface area (Å²) in [6, 6.07) is 5.87. The predicted molar refractivity (Wildman–Crippen MR) is 74.7 cm³/mol. The number of nitrogens with zero attached hydrogens (tertiary/aromatic N) is 2. The summed E-state index contributed by atoms with van der Waals surface area (Å²) in [5.41, 5.74) is 1.97. The van der Waals surface area contributed by atoms with Crippen LogP contribution in [0, 0.1) is 15.5 Å². The van der Waals surface area contributed by atoms with Crippen LogP contribution in [0.4, 0.5) is 5.69 Å². The Morgan fingerprint density at radius 3 is 2.70 bits per heavy atom. The molecule has 0 radical (unpaired) electrons. The average Bonchev–Trinajstić information content (AvgIpc) is 2.35. The lowest BCUT2D eigenvalue weighted by Gasteiger charge is -2.10. The first-order chi connectivity index (χ1) is 9.29. The molecule has 7 nitrogen and oxygen atoms in total. The Morgan fingerprint density at radius 2 is 2.10 bits per heavy atom. The largest absolute Gasteiger partial charge is 0.477 e. The van der Waals surface area contributed by atoms with E-state index in [1.165, 1.54) is 18.2 Å². The van der Waals surface area contributed by atoms with Crippen molar-refractivity contribution in [3.63, 3.8) is 0 Å². The number of carbonyl (C=O) groups is 1. The van der Waals surface area contributed by atoms with E-state index in [0.717, 1.165) is 0 Å². The molecule has 1 amide bonds. The van der Waals surface area contributed by atoms with E-state index in [1.807, 2.05) is 20.8 Å². The minimum absolute atomic E-state index is 0.0486. The molecule has 1 aromatic carbocycles. The molecule has 0 spiro atoms. The van der Waals surface area contributed by atoms with Crippen molar-refractivity contribution >= 4 is 17.8 Å². The second-order valence-corrected chi connectivity index (χ2v) is 5.17. The SMILES string of the molecule is CC(C)(C)/C=N/NC(=O)COc1ccccc1[N+](=O)[O-]. The van der Waals surface area contributed by atoms with E-state index < -0.39 is 10.8 Å². The summed E-state index contributed by atoms with van der Waals surface area (Å²) in [4.78, 5) is 21.6. The van der Waals surface area contributed by atoms with Crippen LogP contribution in [0.15, 0.2) is 29.4 Å². The summed E-state index contributed by atoms with van der Waals surface area (Å²) < 4.78 is 5.12. The van der Waals surface area contributed by atoms with Gasteiger partial charge in [0.25, 0.3) is 5.91 Å². The minimum Gasteiger partial charge on any atom is -0.477 e. The van der Waals surface area contributed by atoms with E-state index in [-0.39, 0.29) is 23.5 Å². The van der Waals surface area contributed by atoms with Gasteiger partial charge in [0.1, 0.15) is 0 Å². The summed E-state index contributed by atoms with van der Waals surface area (Å²) in [5, 5.41) is 14.5. The molecule has 108 valence electrons. The van der Waals surface area contributed by atoms with Gasteiger partial charge in [-0.15, -0.1) is 0 Å². The molecule has 1 aromatic rings. The van der Waals surface area contributed by atoms with Crippen LogP contribution in [-0.2, 0) is 4.79 Å². The van der Waals surface area contributed by atoms with Crippen molar-refractivity contribution in [2.75, 3.05) is 6.61 Å². The van der Waals surface area contributed by atoms with Gasteiger partial charge in [-0.3, -0.25) is 14.9 Å². The Balaban J connectivity index is 2.54. The van der Waals surface area contributed by atoms with Gasteiger partial charge in [0.15, 0.2) is 12.4 Å². The summed E-state index contributed by atoms with van der Waals surface area (Å²) >= 11 is 0. The van der Waals surface area contributed by atoms with Crippen molar-refractivity contribution in [1.29, 1.82) is 0 Å². The van der Waals surface area contributed by atoms with Gasteiger partial charge in [0.05, 0.1) is 4.92 Å². The summed E-state index contributed by atoms with van der Waals surface area (Å²) in [6.07, 6.45) is 1.59. The zero-order valence-electron chi connectivity index (χ0n) is 11.6. The van der Waals surface area contributed by atoms with Crippen LogP contribution in [0.25, 0.3) is 0 Å². The van der Waals surface area contributed by atoms with Gasteiger partial charge in [-0.1, -0.05) is 32.9 Å². The molecule has 1 N–H and O–H groups in total. The van der Waals surface area contributed by atoms with E-state index in [0.29, 0.717) is 0 Å². The third-order valence-electron chi connectivity index (χ3n) is 2.06. The molecule has 0 aliphatic rings. The zero-order chi connectivity index (χ0) is 15.2. The fourth-order valence-corrected chi connectivity index (χ4v) is 1.20. The van der Waals surface area contributed by atoms with Crippen LogP contribution in [0.1, 0.15) is 20.8 Å². The lowest BCUT2D eigenvalue weighted by molar-refractivity contribution is -0.385. The first-order valence-electron chi connectivity index (χ1n) is 5.99. The number of hydrazone groups is 1. The number of nitro groups is 1. The van der Waals surface area contributed by atoms with Crippen molar-refractivity contribution in [2.45, 2.75) is 20.8 Å². The highest BCUT2D eigenvalue weighted by Gasteiger charge is 2.14. The maximum Gasteiger partial charge on any atom is 0.310 e. The maximum absolute atomic E-state index is 11.5. The first kappa shape index (κ1) is 15.6. The number of para-hydroxylation sites is 2. The molecular formula is C13H17N3O4. The summed E-state index contributed by atoms with van der Waals surface area (Å²) in [6.45, 7) is 5.47. The van der Waals surface area contributed by atoms with E-state index >= 15 is 0 Å². The van der Waals surface area contributed by atoms with Crippen LogP contribution >= 0.6 is 0 Å². The van der Waals surface area contributed by atoms with Gasteiger partial charge in [-0.25, -0.2) is 5.43 Å². The van der Waals surface area contributed by atoms with Gasteiger partial charge in [-0.2, -0.15) is 5.10 Å². The normalized spacial score (nSPS) is 11.3. The zero-order valence-corrected chi connectivity index (χ0v) is 11.6. The molecule has 0 heterocycles. The molecule has 0 atom stereocenters. The number of nitro benzene ring substituents is 1. The van der Waals surface area contributed by atoms with E-state index in [4.69, 9.17) is 4.74 Å². The van der Waals surface area contributed by atoms with Crippen molar-refractivity contribution in [3.05, 3.63) is 34.4 Å². The highest BCUT2D eigenvalue weighted by Crippen LogP contribution is 2.25. The lowest BCUT2D eigenvalue weighted by Crippen LogP contribution is -2.25. The standard InChI is InChI=1S/C13H17N3O4/c1-13(2,3)9-14-15-12(17)8-20-11-7-5-4-6-10(11)16(18)19/h4-7,9H,8H2,1-3H3,(H,15,17)/b14-9+. The van der Waals surface area contributed by atoms with Gasteiger partial charge in [0.2, 0.25) is 0 Å². The van der Waals surface area contributed by atoms with Crippen molar-refractivity contribution in [3.8, 4) is 5.75 Å². The topological polar surface area (TPSA) is 93.8 Å². The monoisotopic (exact) mass is 279 g/mol. The number of benzene rings is 1. The fraction of sp³-hybridized carbons (Fsp3) is 0.385. The molecular weight excluding hydrogens is 262 g/mol. The Kier molecular flexibility index (Phi) is 5.19. The third kappa shape index (κ3) is 5.47. The number of hydrogen-bond donors (Lipinski definition) is 1. The lowest BCUT2D eigenvalue weighted by atomic mass is 9.99. The number of amides is 1. The Hall–Kier alpha value is -2.44. The number of nitrogens with one attached hydrogen (secondary N) is 1. The Labute approximate surface area is 116 Å². The average molecular weight is 279 g/mol. The molecule has 0 aromatic heterocycles. The highest BCUT2D eigenvalue weighted by atomic mass is 16.6. The van der Waals surface area contributed by atoms with Crippen LogP contribution in [0.5, 0.6) is 5.75 Å². The maximum atomic E-state index is 11.5. The molecule has 0 saturated carbocycles. The molecule has 1 rings (SSSR count). The quantitative estimate of drug-likeness (QED) is 0.507. The van der Waals surface area contributed by atoms with Crippen LogP contribution in [-0.4, -0.2) is 23.7 Å². The smallest absolute Gasteiger partial charge is 0.310 e. The van der Waals surface area contributed by atoms with Crippen LogP contribution < -0.4 is 10.2 Å². The molecule has 0 unspecified atom stereocenters. The molecule has 0 saturated heterocycles. The van der Waals surface area contributed by atoms with Crippen molar-refractivity contribution in [1.82, 2.24) is 5.43 Å². The second kappa shape index (κ2) is 6.65. The number of hydrogen-bond acceptors (Lipinski definition) is 5. The molecule has 0 aliphatic heterocycles. The third-order valence-corrected chi connectivity index (χ3v) is 2.06. The first-order valence-corrected chi connectivity index (χ1v) is 5.99. The Bertz CT molecular complexity index is 521. The summed E-state index contributed by atoms with van der Waals surface area (Å²) in [7, 11) is 0. The molecule has 0 bridgehead atoms. The van der Waals surface area contributed by atoms with E-state index in [9.17, 15) is 14.9 Å². The second-order valence-electron chi connectivity index (χ2n) is 5.17.